The molecule has 3 rings (SSSR count). The Morgan fingerprint density at radius 2 is 2.17 bits per heavy atom. The molecule has 0 amide bonds. The normalized spacial score (nSPS) is 11.7. The molecule has 1 heterocycles. The maximum Gasteiger partial charge on any atom is 0.271 e. The van der Waals surface area contributed by atoms with Crippen LogP contribution in [0.15, 0.2) is 36.4 Å². The van der Waals surface area contributed by atoms with E-state index in [0.29, 0.717) is 33.2 Å². The fraction of sp³-hybridized carbons (Fsp3) is 0.0625. The summed E-state index contributed by atoms with van der Waals surface area (Å²) in [6.07, 6.45) is 1.62. The van der Waals surface area contributed by atoms with Gasteiger partial charge in [-0.3, -0.25) is 10.1 Å². The summed E-state index contributed by atoms with van der Waals surface area (Å²) < 4.78 is 4.98. The van der Waals surface area contributed by atoms with Crippen LogP contribution in [-0.4, -0.2) is 27.1 Å². The highest BCUT2D eigenvalue weighted by molar-refractivity contribution is 6.50. The Hall–Kier alpha value is -3.06. The number of rotatable bonds is 4. The number of nitrogens with zero attached hydrogens (tertiary/aromatic N) is 2. The highest BCUT2D eigenvalue weighted by Gasteiger charge is 2.11. The van der Waals surface area contributed by atoms with Crippen molar-refractivity contribution >= 4 is 39.4 Å². The van der Waals surface area contributed by atoms with Gasteiger partial charge in [-0.2, -0.15) is 0 Å². The van der Waals surface area contributed by atoms with Crippen LogP contribution in [0.4, 0.5) is 5.69 Å². The number of non-ortho nitro benzene ring substituents is 1. The number of phenolic OH excluding ortho intramolecular Hbond substituents is 1. The summed E-state index contributed by atoms with van der Waals surface area (Å²) in [6, 6.07) is 9.19. The van der Waals surface area contributed by atoms with Gasteiger partial charge >= 0.3 is 0 Å². The van der Waals surface area contributed by atoms with Gasteiger partial charge in [0.25, 0.3) is 5.69 Å². The van der Waals surface area contributed by atoms with E-state index in [2.05, 4.69) is 9.97 Å². The second kappa shape index (κ2) is 6.21. The minimum absolute atomic E-state index is 0.00375. The number of fused-ring (bicyclic) bond motifs is 1. The summed E-state index contributed by atoms with van der Waals surface area (Å²) in [5.74, 6) is 0.734. The second-order valence-corrected chi connectivity index (χ2v) is 5.37. The zero-order chi connectivity index (χ0) is 17.3. The first kappa shape index (κ1) is 15.8. The van der Waals surface area contributed by atoms with Gasteiger partial charge in [0, 0.05) is 12.1 Å². The van der Waals surface area contributed by atoms with Crippen LogP contribution in [0, 0.1) is 10.1 Å². The Labute approximate surface area is 141 Å². The maximum atomic E-state index is 10.8. The van der Waals surface area contributed by atoms with Crippen molar-refractivity contribution in [3.8, 4) is 11.5 Å². The number of benzene rings is 2. The molecule has 122 valence electrons. The smallest absolute Gasteiger partial charge is 0.271 e. The lowest BCUT2D eigenvalue weighted by Gasteiger charge is -2.03. The average Bonchev–Trinajstić information content (AvgIpc) is 2.98. The van der Waals surface area contributed by atoms with Gasteiger partial charge in [-0.25, -0.2) is 4.98 Å². The van der Waals surface area contributed by atoms with Crippen LogP contribution in [0.1, 0.15) is 11.4 Å². The largest absolute Gasteiger partial charge is 0.504 e. The van der Waals surface area contributed by atoms with Crippen molar-refractivity contribution in [3.05, 3.63) is 57.9 Å². The zero-order valence-corrected chi connectivity index (χ0v) is 13.2. The summed E-state index contributed by atoms with van der Waals surface area (Å²) >= 11 is 6.26. The van der Waals surface area contributed by atoms with Gasteiger partial charge in [0.1, 0.15) is 5.82 Å². The van der Waals surface area contributed by atoms with E-state index in [-0.39, 0.29) is 11.4 Å². The molecule has 0 spiro atoms. The predicted molar refractivity (Wildman–Crippen MR) is 91.1 cm³/mol. The third-order valence-electron chi connectivity index (χ3n) is 3.40. The molecule has 0 fully saturated rings. The number of halogens is 1. The van der Waals surface area contributed by atoms with Gasteiger partial charge in [0.2, 0.25) is 0 Å². The highest BCUT2D eigenvalue weighted by Crippen LogP contribution is 2.29. The lowest BCUT2D eigenvalue weighted by atomic mass is 10.2. The highest BCUT2D eigenvalue weighted by atomic mass is 35.5. The number of imidazole rings is 1. The van der Waals surface area contributed by atoms with E-state index in [0.717, 1.165) is 0 Å². The number of aromatic nitrogens is 2. The van der Waals surface area contributed by atoms with Crippen molar-refractivity contribution in [1.29, 1.82) is 0 Å². The summed E-state index contributed by atoms with van der Waals surface area (Å²) in [7, 11) is 1.46. The molecule has 0 unspecified atom stereocenters. The van der Waals surface area contributed by atoms with Crippen LogP contribution in [-0.2, 0) is 0 Å². The third-order valence-corrected chi connectivity index (χ3v) is 3.69. The van der Waals surface area contributed by atoms with E-state index in [9.17, 15) is 15.2 Å². The number of H-pyrrole nitrogens is 1. The zero-order valence-electron chi connectivity index (χ0n) is 12.5. The maximum absolute atomic E-state index is 10.8. The predicted octanol–water partition coefficient (Wildman–Crippen LogP) is 3.92. The molecular weight excluding hydrogens is 334 g/mol. The molecule has 24 heavy (non-hydrogen) atoms. The van der Waals surface area contributed by atoms with Crippen LogP contribution < -0.4 is 4.74 Å². The molecule has 2 aromatic carbocycles. The summed E-state index contributed by atoms with van der Waals surface area (Å²) in [5, 5.41) is 20.9. The molecule has 0 aliphatic carbocycles. The summed E-state index contributed by atoms with van der Waals surface area (Å²) in [6.45, 7) is 0. The quantitative estimate of drug-likeness (QED) is 0.551. The lowest BCUT2D eigenvalue weighted by Crippen LogP contribution is -1.86. The molecule has 3 aromatic rings. The van der Waals surface area contributed by atoms with Gasteiger partial charge in [-0.1, -0.05) is 17.7 Å². The first-order valence-electron chi connectivity index (χ1n) is 6.86. The number of aromatic hydroxyl groups is 1. The number of methoxy groups -OCH3 is 1. The Bertz CT molecular complexity index is 965. The Balaban J connectivity index is 1.96. The van der Waals surface area contributed by atoms with Crippen molar-refractivity contribution in [2.45, 2.75) is 0 Å². The van der Waals surface area contributed by atoms with E-state index in [4.69, 9.17) is 16.3 Å². The molecule has 7 nitrogen and oxygen atoms in total. The summed E-state index contributed by atoms with van der Waals surface area (Å²) in [5.41, 5.74) is 1.71. The number of nitrogens with one attached hydrogen (secondary N) is 1. The van der Waals surface area contributed by atoms with Gasteiger partial charge in [0.05, 0.1) is 28.1 Å². The number of phenols is 1. The van der Waals surface area contributed by atoms with Crippen molar-refractivity contribution in [2.75, 3.05) is 7.11 Å². The number of hydrogen-bond acceptors (Lipinski definition) is 5. The number of ether oxygens (including phenoxy) is 1. The van der Waals surface area contributed by atoms with Gasteiger partial charge in [-0.15, -0.1) is 0 Å². The van der Waals surface area contributed by atoms with Gasteiger partial charge < -0.3 is 14.8 Å². The SMILES string of the molecule is COc1ccc(/C=C(/Cl)c2nc3ccc([N+](=O)[O-])cc3[nH]2)cc1O. The van der Waals surface area contributed by atoms with Crippen LogP contribution in [0.5, 0.6) is 11.5 Å². The van der Waals surface area contributed by atoms with Crippen molar-refractivity contribution in [1.82, 2.24) is 9.97 Å². The molecule has 2 N–H and O–H groups in total. The molecule has 0 bridgehead atoms. The minimum atomic E-state index is -0.475. The fourth-order valence-electron chi connectivity index (χ4n) is 2.24. The average molecular weight is 346 g/mol. The summed E-state index contributed by atoms with van der Waals surface area (Å²) in [4.78, 5) is 17.6. The molecular formula is C16H12ClN3O4. The number of aromatic amines is 1. The van der Waals surface area contributed by atoms with E-state index >= 15 is 0 Å². The molecule has 0 radical (unpaired) electrons. The minimum Gasteiger partial charge on any atom is -0.504 e. The topological polar surface area (TPSA) is 101 Å². The first-order chi connectivity index (χ1) is 11.5. The molecule has 0 saturated heterocycles. The molecule has 8 heteroatoms. The monoisotopic (exact) mass is 345 g/mol. The van der Waals surface area contributed by atoms with E-state index in [1.165, 1.54) is 25.3 Å². The molecule has 0 atom stereocenters. The Morgan fingerprint density at radius 3 is 2.83 bits per heavy atom. The number of nitro groups is 1. The van der Waals surface area contributed by atoms with Crippen LogP contribution in [0.3, 0.4) is 0 Å². The van der Waals surface area contributed by atoms with Crippen molar-refractivity contribution in [2.24, 2.45) is 0 Å². The van der Waals surface area contributed by atoms with Crippen molar-refractivity contribution in [3.63, 3.8) is 0 Å². The fourth-order valence-corrected chi connectivity index (χ4v) is 2.45. The lowest BCUT2D eigenvalue weighted by molar-refractivity contribution is -0.384. The van der Waals surface area contributed by atoms with E-state index in [1.54, 1.807) is 24.3 Å². The third kappa shape index (κ3) is 3.02. The molecule has 1 aromatic heterocycles. The second-order valence-electron chi connectivity index (χ2n) is 4.97. The van der Waals surface area contributed by atoms with E-state index in [1.807, 2.05) is 0 Å². The standard InChI is InChI=1S/C16H12ClN3O4/c1-24-15-5-2-9(7-14(15)21)6-11(17)16-18-12-4-3-10(20(22)23)8-13(12)19-16/h2-8,21H,1H3,(H,18,19)/b11-6+. The number of hydrogen-bond donors (Lipinski definition) is 2. The van der Waals surface area contributed by atoms with Crippen molar-refractivity contribution < 1.29 is 14.8 Å². The Morgan fingerprint density at radius 1 is 1.38 bits per heavy atom. The van der Waals surface area contributed by atoms with Crippen LogP contribution in [0.2, 0.25) is 0 Å². The van der Waals surface area contributed by atoms with Crippen LogP contribution in [0.25, 0.3) is 22.1 Å². The first-order valence-corrected chi connectivity index (χ1v) is 7.24. The van der Waals surface area contributed by atoms with Gasteiger partial charge in [0.15, 0.2) is 11.5 Å². The molecule has 0 saturated carbocycles. The van der Waals surface area contributed by atoms with Gasteiger partial charge in [-0.05, 0) is 29.8 Å². The molecule has 0 aliphatic rings. The number of nitro benzene ring substituents is 1. The van der Waals surface area contributed by atoms with E-state index < -0.39 is 4.92 Å². The Kier molecular flexibility index (Phi) is 4.09. The van der Waals surface area contributed by atoms with Crippen LogP contribution >= 0.6 is 11.6 Å². The molecule has 0 aliphatic heterocycles.